The third-order valence-electron chi connectivity index (χ3n) is 0.855. The van der Waals surface area contributed by atoms with Gasteiger partial charge in [0.05, 0.1) is 6.42 Å². The fourth-order valence-electron chi connectivity index (χ4n) is 0.468. The Morgan fingerprint density at radius 1 is 1.64 bits per heavy atom. The van der Waals surface area contributed by atoms with Gasteiger partial charge in [-0.15, -0.1) is 0 Å². The van der Waals surface area contributed by atoms with Crippen molar-refractivity contribution in [1.82, 2.24) is 0 Å². The minimum absolute atomic E-state index is 0.0710. The van der Waals surface area contributed by atoms with Gasteiger partial charge in [0.15, 0.2) is 6.29 Å². The lowest BCUT2D eigenvalue weighted by Crippen LogP contribution is -2.18. The number of carbonyl (C=O) groups excluding carboxylic acids is 1. The molecule has 66 valence electrons. The van der Waals surface area contributed by atoms with Crippen LogP contribution in [-0.2, 0) is 9.53 Å². The first kappa shape index (κ1) is 10.7. The first-order chi connectivity index (χ1) is 5.02. The molecule has 0 aromatic carbocycles. The van der Waals surface area contributed by atoms with Crippen molar-refractivity contribution in [2.45, 2.75) is 24.9 Å². The van der Waals surface area contributed by atoms with Crippen LogP contribution in [0.3, 0.4) is 0 Å². The molecule has 0 amide bonds. The van der Waals surface area contributed by atoms with Crippen molar-refractivity contribution in [1.29, 1.82) is 0 Å². The molecule has 0 rings (SSSR count). The molecule has 0 aromatic heterocycles. The van der Waals surface area contributed by atoms with Gasteiger partial charge in [-0.2, -0.15) is 12.6 Å². The molecular formula is C6H12O4S. The molecule has 0 radical (unpaired) electrons. The maximum absolute atomic E-state index is 10.7. The Kier molecular flexibility index (Phi) is 5.27. The van der Waals surface area contributed by atoms with Crippen LogP contribution in [0.5, 0.6) is 0 Å². The highest BCUT2D eigenvalue weighted by Crippen LogP contribution is 2.00. The van der Waals surface area contributed by atoms with Gasteiger partial charge in [0.1, 0.15) is 6.61 Å². The van der Waals surface area contributed by atoms with Crippen LogP contribution < -0.4 is 0 Å². The molecular weight excluding hydrogens is 168 g/mol. The maximum Gasteiger partial charge on any atom is 0.307 e. The van der Waals surface area contributed by atoms with Crippen molar-refractivity contribution in [2.24, 2.45) is 0 Å². The monoisotopic (exact) mass is 180 g/mol. The molecule has 0 fully saturated rings. The molecule has 0 aliphatic rings. The molecule has 5 heteroatoms. The van der Waals surface area contributed by atoms with E-state index in [4.69, 9.17) is 10.2 Å². The lowest BCUT2D eigenvalue weighted by Gasteiger charge is -2.06. The summed E-state index contributed by atoms with van der Waals surface area (Å²) in [6.45, 7) is 1.37. The van der Waals surface area contributed by atoms with E-state index in [2.05, 4.69) is 17.4 Å². The third kappa shape index (κ3) is 7.64. The number of esters is 1. The van der Waals surface area contributed by atoms with E-state index in [9.17, 15) is 4.79 Å². The fourth-order valence-corrected chi connectivity index (χ4v) is 0.617. The lowest BCUT2D eigenvalue weighted by atomic mass is 10.3. The van der Waals surface area contributed by atoms with Crippen LogP contribution >= 0.6 is 12.6 Å². The van der Waals surface area contributed by atoms with Gasteiger partial charge in [-0.25, -0.2) is 0 Å². The Bertz CT molecular complexity index is 124. The van der Waals surface area contributed by atoms with Crippen LogP contribution in [-0.4, -0.2) is 34.3 Å². The van der Waals surface area contributed by atoms with Crippen LogP contribution in [0, 0.1) is 0 Å². The van der Waals surface area contributed by atoms with Crippen LogP contribution in [0.2, 0.25) is 0 Å². The minimum Gasteiger partial charge on any atom is -0.460 e. The maximum atomic E-state index is 10.7. The van der Waals surface area contributed by atoms with Gasteiger partial charge >= 0.3 is 5.97 Å². The van der Waals surface area contributed by atoms with Crippen molar-refractivity contribution in [3.8, 4) is 0 Å². The van der Waals surface area contributed by atoms with E-state index in [1.54, 1.807) is 6.92 Å². The summed E-state index contributed by atoms with van der Waals surface area (Å²) in [5.41, 5.74) is 0. The molecule has 2 N–H and O–H groups in total. The number of ether oxygens (including phenoxy) is 1. The zero-order chi connectivity index (χ0) is 8.85. The summed E-state index contributed by atoms with van der Waals surface area (Å²) in [6.07, 6.45) is -1.41. The van der Waals surface area contributed by atoms with Crippen molar-refractivity contribution < 1.29 is 19.7 Å². The van der Waals surface area contributed by atoms with Crippen LogP contribution in [0.1, 0.15) is 13.3 Å². The van der Waals surface area contributed by atoms with Crippen molar-refractivity contribution >= 4 is 18.6 Å². The summed E-state index contributed by atoms with van der Waals surface area (Å²) in [7, 11) is 0. The van der Waals surface area contributed by atoms with Gasteiger partial charge in [-0.3, -0.25) is 4.79 Å². The minimum atomic E-state index is -1.59. The molecule has 11 heavy (non-hydrogen) atoms. The summed E-state index contributed by atoms with van der Waals surface area (Å²) in [5.74, 6) is -0.472. The molecule has 4 nitrogen and oxygen atoms in total. The first-order valence-electron chi connectivity index (χ1n) is 3.22. The SMILES string of the molecule is CC(S)CC(=O)OCC(O)O. The number of hydrogen-bond donors (Lipinski definition) is 3. The Morgan fingerprint density at radius 2 is 2.18 bits per heavy atom. The second kappa shape index (κ2) is 5.40. The molecule has 0 heterocycles. The number of rotatable bonds is 4. The lowest BCUT2D eigenvalue weighted by molar-refractivity contribution is -0.156. The fraction of sp³-hybridized carbons (Fsp3) is 0.833. The largest absolute Gasteiger partial charge is 0.460 e. The molecule has 0 saturated carbocycles. The second-order valence-corrected chi connectivity index (χ2v) is 3.10. The highest BCUT2D eigenvalue weighted by molar-refractivity contribution is 7.80. The average molecular weight is 180 g/mol. The molecule has 0 aromatic rings. The van der Waals surface area contributed by atoms with Gasteiger partial charge in [-0.1, -0.05) is 6.92 Å². The standard InChI is InChI=1S/C6H12O4S/c1-4(11)2-6(9)10-3-5(7)8/h4-5,7-8,11H,2-3H2,1H3. The Morgan fingerprint density at radius 3 is 2.55 bits per heavy atom. The quantitative estimate of drug-likeness (QED) is 0.311. The highest BCUT2D eigenvalue weighted by atomic mass is 32.1. The normalized spacial score (nSPS) is 13.2. The van der Waals surface area contributed by atoms with Gasteiger partial charge in [0.25, 0.3) is 0 Å². The van der Waals surface area contributed by atoms with E-state index in [1.807, 2.05) is 0 Å². The first-order valence-corrected chi connectivity index (χ1v) is 3.74. The molecule has 1 unspecified atom stereocenters. The van der Waals surface area contributed by atoms with E-state index in [0.29, 0.717) is 0 Å². The van der Waals surface area contributed by atoms with Crippen LogP contribution in [0.15, 0.2) is 0 Å². The van der Waals surface area contributed by atoms with Crippen LogP contribution in [0.4, 0.5) is 0 Å². The van der Waals surface area contributed by atoms with E-state index < -0.39 is 12.3 Å². The topological polar surface area (TPSA) is 66.8 Å². The highest BCUT2D eigenvalue weighted by Gasteiger charge is 2.07. The number of carbonyl (C=O) groups is 1. The van der Waals surface area contributed by atoms with Gasteiger partial charge < -0.3 is 14.9 Å². The summed E-state index contributed by atoms with van der Waals surface area (Å²) >= 11 is 3.96. The van der Waals surface area contributed by atoms with E-state index in [1.165, 1.54) is 0 Å². The number of thiol groups is 1. The molecule has 0 bridgehead atoms. The van der Waals surface area contributed by atoms with E-state index >= 15 is 0 Å². The Hall–Kier alpha value is -0.260. The smallest absolute Gasteiger partial charge is 0.307 e. The molecule has 0 aliphatic carbocycles. The molecule has 0 aliphatic heterocycles. The summed E-state index contributed by atoms with van der Waals surface area (Å²) in [4.78, 5) is 10.7. The van der Waals surface area contributed by atoms with Gasteiger partial charge in [0.2, 0.25) is 0 Å². The zero-order valence-corrected chi connectivity index (χ0v) is 7.12. The van der Waals surface area contributed by atoms with E-state index in [-0.39, 0.29) is 18.3 Å². The zero-order valence-electron chi connectivity index (χ0n) is 6.23. The predicted octanol–water partition coefficient (Wildman–Crippen LogP) is -0.451. The van der Waals surface area contributed by atoms with E-state index in [0.717, 1.165) is 0 Å². The summed E-state index contributed by atoms with van der Waals surface area (Å²) < 4.78 is 4.43. The second-order valence-electron chi connectivity index (χ2n) is 2.22. The van der Waals surface area contributed by atoms with Crippen molar-refractivity contribution in [3.05, 3.63) is 0 Å². The number of aliphatic hydroxyl groups is 2. The summed E-state index contributed by atoms with van der Waals surface area (Å²) in [5, 5.41) is 16.5. The van der Waals surface area contributed by atoms with Gasteiger partial charge in [0, 0.05) is 5.25 Å². The number of aliphatic hydroxyl groups excluding tert-OH is 1. The third-order valence-corrected chi connectivity index (χ3v) is 1.04. The van der Waals surface area contributed by atoms with Crippen molar-refractivity contribution in [3.63, 3.8) is 0 Å². The summed E-state index contributed by atoms with van der Waals surface area (Å²) in [6, 6.07) is 0. The molecule has 1 atom stereocenters. The van der Waals surface area contributed by atoms with Gasteiger partial charge in [-0.05, 0) is 0 Å². The Balaban J connectivity index is 3.38. The molecule has 0 spiro atoms. The predicted molar refractivity (Wildman–Crippen MR) is 42.2 cm³/mol. The number of hydrogen-bond acceptors (Lipinski definition) is 5. The van der Waals surface area contributed by atoms with Crippen LogP contribution in [0.25, 0.3) is 0 Å². The van der Waals surface area contributed by atoms with Crippen molar-refractivity contribution in [2.75, 3.05) is 6.61 Å². The average Bonchev–Trinajstić information content (AvgIpc) is 1.82. The molecule has 0 saturated heterocycles. The Labute approximate surface area is 70.6 Å².